The van der Waals surface area contributed by atoms with E-state index in [0.29, 0.717) is 6.42 Å². The van der Waals surface area contributed by atoms with E-state index in [1.165, 1.54) is 0 Å². The number of nitrogens with two attached hydrogens (primary N) is 1. The van der Waals surface area contributed by atoms with Gasteiger partial charge in [0.15, 0.2) is 0 Å². The van der Waals surface area contributed by atoms with E-state index >= 15 is 0 Å². The minimum absolute atomic E-state index is 0.124. The van der Waals surface area contributed by atoms with Crippen molar-refractivity contribution in [3.63, 3.8) is 0 Å². The molecule has 8 heteroatoms. The number of hydrogen-bond acceptors (Lipinski definition) is 6. The molecule has 0 aliphatic rings. The van der Waals surface area contributed by atoms with Gasteiger partial charge in [0.05, 0.1) is 0 Å². The molecule has 1 rings (SSSR count). The first-order valence-corrected chi connectivity index (χ1v) is 5.15. The molecule has 0 unspecified atom stereocenters. The van der Waals surface area contributed by atoms with Crippen LogP contribution in [-0.2, 0) is 13.1 Å². The quantitative estimate of drug-likeness (QED) is 0.667. The predicted molar refractivity (Wildman–Crippen MR) is 62.2 cm³/mol. The van der Waals surface area contributed by atoms with Gasteiger partial charge in [-0.25, -0.2) is 4.79 Å². The Morgan fingerprint density at radius 3 is 2.47 bits per heavy atom. The van der Waals surface area contributed by atoms with Crippen LogP contribution < -0.4 is 17.0 Å². The van der Waals surface area contributed by atoms with Crippen LogP contribution in [0.4, 0.5) is 11.5 Å². The SMILES string of the molecule is CCn1c(=O)c(N=O)c(N)n(CCCO)c1=O. The highest BCUT2D eigenvalue weighted by molar-refractivity contribution is 5.55. The van der Waals surface area contributed by atoms with Gasteiger partial charge in [-0.05, 0) is 18.5 Å². The van der Waals surface area contributed by atoms with Crippen molar-refractivity contribution in [2.75, 3.05) is 12.3 Å². The van der Waals surface area contributed by atoms with E-state index in [1.54, 1.807) is 6.92 Å². The average Bonchev–Trinajstić information content (AvgIpc) is 2.30. The lowest BCUT2D eigenvalue weighted by Gasteiger charge is -2.12. The van der Waals surface area contributed by atoms with Gasteiger partial charge < -0.3 is 10.8 Å². The number of aromatic nitrogens is 2. The van der Waals surface area contributed by atoms with Crippen LogP contribution in [0.15, 0.2) is 14.8 Å². The summed E-state index contributed by atoms with van der Waals surface area (Å²) < 4.78 is 1.95. The Balaban J connectivity index is 3.54. The number of hydrogen-bond donors (Lipinski definition) is 2. The molecule has 0 fully saturated rings. The van der Waals surface area contributed by atoms with Crippen molar-refractivity contribution in [1.29, 1.82) is 0 Å². The highest BCUT2D eigenvalue weighted by atomic mass is 16.3. The summed E-state index contributed by atoms with van der Waals surface area (Å²) >= 11 is 0. The first-order valence-electron chi connectivity index (χ1n) is 5.15. The smallest absolute Gasteiger partial charge is 0.332 e. The van der Waals surface area contributed by atoms with Gasteiger partial charge in [-0.15, -0.1) is 4.91 Å². The highest BCUT2D eigenvalue weighted by Gasteiger charge is 2.16. The maximum atomic E-state index is 11.8. The molecule has 1 heterocycles. The normalized spacial score (nSPS) is 10.5. The van der Waals surface area contributed by atoms with E-state index in [1.807, 2.05) is 0 Å². The zero-order chi connectivity index (χ0) is 13.0. The summed E-state index contributed by atoms with van der Waals surface area (Å²) in [6, 6.07) is 0. The van der Waals surface area contributed by atoms with Crippen LogP contribution in [0.2, 0.25) is 0 Å². The van der Waals surface area contributed by atoms with Crippen molar-refractivity contribution in [3.8, 4) is 0 Å². The maximum Gasteiger partial charge on any atom is 0.332 e. The summed E-state index contributed by atoms with van der Waals surface area (Å²) in [5.41, 5.74) is 3.68. The van der Waals surface area contributed by atoms with Gasteiger partial charge in [0.1, 0.15) is 5.82 Å². The van der Waals surface area contributed by atoms with Gasteiger partial charge in [0.2, 0.25) is 5.69 Å². The Hall–Kier alpha value is -1.96. The summed E-state index contributed by atoms with van der Waals surface area (Å²) in [5.74, 6) is -0.256. The molecule has 0 aromatic carbocycles. The van der Waals surface area contributed by atoms with Crippen LogP contribution in [0.5, 0.6) is 0 Å². The lowest BCUT2D eigenvalue weighted by Crippen LogP contribution is -2.40. The summed E-state index contributed by atoms with van der Waals surface area (Å²) in [7, 11) is 0. The molecule has 1 aromatic rings. The molecule has 0 bridgehead atoms. The molecule has 94 valence electrons. The molecule has 0 aliphatic carbocycles. The average molecular weight is 242 g/mol. The van der Waals surface area contributed by atoms with Crippen molar-refractivity contribution in [2.45, 2.75) is 26.4 Å². The number of aliphatic hydroxyl groups excluding tert-OH is 1. The van der Waals surface area contributed by atoms with E-state index in [-0.39, 0.29) is 25.5 Å². The number of anilines is 1. The zero-order valence-corrected chi connectivity index (χ0v) is 9.42. The first kappa shape index (κ1) is 13.1. The molecule has 17 heavy (non-hydrogen) atoms. The minimum atomic E-state index is -0.787. The van der Waals surface area contributed by atoms with Gasteiger partial charge in [0.25, 0.3) is 5.56 Å². The summed E-state index contributed by atoms with van der Waals surface area (Å²) in [5, 5.41) is 11.3. The first-order chi connectivity index (χ1) is 8.08. The van der Waals surface area contributed by atoms with Crippen molar-refractivity contribution in [1.82, 2.24) is 9.13 Å². The van der Waals surface area contributed by atoms with Crippen LogP contribution in [0.3, 0.4) is 0 Å². The molecule has 8 nitrogen and oxygen atoms in total. The third-order valence-electron chi connectivity index (χ3n) is 2.39. The van der Waals surface area contributed by atoms with Crippen molar-refractivity contribution in [3.05, 3.63) is 25.7 Å². The monoisotopic (exact) mass is 242 g/mol. The van der Waals surface area contributed by atoms with Crippen molar-refractivity contribution < 1.29 is 5.11 Å². The molecular weight excluding hydrogens is 228 g/mol. The van der Waals surface area contributed by atoms with E-state index in [0.717, 1.165) is 9.13 Å². The Kier molecular flexibility index (Phi) is 4.16. The number of nitrogens with zero attached hydrogens (tertiary/aromatic N) is 3. The van der Waals surface area contributed by atoms with Crippen LogP contribution in [0.25, 0.3) is 0 Å². The Labute approximate surface area is 96.3 Å². The number of aliphatic hydroxyl groups is 1. The maximum absolute atomic E-state index is 11.8. The van der Waals surface area contributed by atoms with Crippen LogP contribution in [0.1, 0.15) is 13.3 Å². The zero-order valence-electron chi connectivity index (χ0n) is 9.42. The summed E-state index contributed by atoms with van der Waals surface area (Å²) in [6.07, 6.45) is 0.296. The molecular formula is C9H14N4O4. The second-order valence-corrected chi connectivity index (χ2v) is 3.39. The standard InChI is InChI=1S/C9H14N4O4/c1-2-12-8(15)6(11-17)7(10)13(9(12)16)4-3-5-14/h14H,2-5,10H2,1H3. The van der Waals surface area contributed by atoms with Gasteiger partial charge in [-0.1, -0.05) is 0 Å². The highest BCUT2D eigenvalue weighted by Crippen LogP contribution is 2.13. The Morgan fingerprint density at radius 1 is 1.35 bits per heavy atom. The molecule has 0 atom stereocenters. The van der Waals surface area contributed by atoms with Gasteiger partial charge >= 0.3 is 5.69 Å². The van der Waals surface area contributed by atoms with Crippen molar-refractivity contribution >= 4 is 11.5 Å². The molecule has 0 radical (unpaired) electrons. The largest absolute Gasteiger partial charge is 0.396 e. The Bertz CT molecular complexity index is 531. The molecule has 3 N–H and O–H groups in total. The van der Waals surface area contributed by atoms with E-state index < -0.39 is 16.9 Å². The second-order valence-electron chi connectivity index (χ2n) is 3.39. The lowest BCUT2D eigenvalue weighted by atomic mass is 10.4. The number of rotatable bonds is 5. The van der Waals surface area contributed by atoms with Crippen LogP contribution >= 0.6 is 0 Å². The third-order valence-corrected chi connectivity index (χ3v) is 2.39. The molecule has 0 amide bonds. The van der Waals surface area contributed by atoms with Crippen molar-refractivity contribution in [2.24, 2.45) is 5.18 Å². The van der Waals surface area contributed by atoms with E-state index in [4.69, 9.17) is 10.8 Å². The lowest BCUT2D eigenvalue weighted by molar-refractivity contribution is 0.278. The van der Waals surface area contributed by atoms with Gasteiger partial charge in [0, 0.05) is 19.7 Å². The molecule has 0 aliphatic heterocycles. The van der Waals surface area contributed by atoms with Crippen LogP contribution in [0, 0.1) is 4.91 Å². The summed E-state index contributed by atoms with van der Waals surface area (Å²) in [6.45, 7) is 1.73. The molecule has 0 saturated carbocycles. The number of nitroso groups, excluding NO2 is 1. The third kappa shape index (κ3) is 2.26. The molecule has 0 saturated heterocycles. The fraction of sp³-hybridized carbons (Fsp3) is 0.556. The van der Waals surface area contributed by atoms with E-state index in [9.17, 15) is 14.5 Å². The molecule has 1 aromatic heterocycles. The van der Waals surface area contributed by atoms with Crippen LogP contribution in [-0.4, -0.2) is 20.8 Å². The predicted octanol–water partition coefficient (Wildman–Crippen LogP) is -0.608. The topological polar surface area (TPSA) is 120 Å². The fourth-order valence-electron chi connectivity index (χ4n) is 1.51. The van der Waals surface area contributed by atoms with Gasteiger partial charge in [-0.3, -0.25) is 13.9 Å². The number of nitrogen functional groups attached to an aromatic ring is 1. The Morgan fingerprint density at radius 2 is 2.00 bits per heavy atom. The minimum Gasteiger partial charge on any atom is -0.396 e. The second kappa shape index (κ2) is 5.39. The van der Waals surface area contributed by atoms with Gasteiger partial charge in [-0.2, -0.15) is 0 Å². The van der Waals surface area contributed by atoms with E-state index in [2.05, 4.69) is 5.18 Å². The molecule has 0 spiro atoms. The summed E-state index contributed by atoms with van der Waals surface area (Å²) in [4.78, 5) is 34.0. The fourth-order valence-corrected chi connectivity index (χ4v) is 1.51.